The first kappa shape index (κ1) is 11.7. The van der Waals surface area contributed by atoms with Crippen LogP contribution in [0, 0.1) is 0 Å². The Morgan fingerprint density at radius 2 is 1.71 bits per heavy atom. The van der Waals surface area contributed by atoms with Crippen molar-refractivity contribution in [2.75, 3.05) is 20.0 Å². The van der Waals surface area contributed by atoms with E-state index in [4.69, 9.17) is 9.47 Å². The number of rotatable bonds is 4. The minimum Gasteiger partial charge on any atom is -0.495 e. The first-order chi connectivity index (χ1) is 6.72. The lowest BCUT2D eigenvalue weighted by atomic mass is 10.1. The van der Waals surface area contributed by atoms with Gasteiger partial charge in [-0.25, -0.2) is 0 Å². The van der Waals surface area contributed by atoms with Gasteiger partial charge < -0.3 is 9.47 Å². The zero-order valence-corrected chi connectivity index (χ0v) is 10.7. The number of ether oxygens (including phenoxy) is 2. The van der Waals surface area contributed by atoms with Crippen LogP contribution in [0.3, 0.4) is 0 Å². The van der Waals surface area contributed by atoms with Crippen LogP contribution in [0.2, 0.25) is 0 Å². The summed E-state index contributed by atoms with van der Waals surface area (Å²) in [5, 5.41) is 0. The zero-order valence-electron chi connectivity index (χ0n) is 8.21. The Balaban J connectivity index is 3.11. The maximum absolute atomic E-state index is 5.22. The number of methoxy groups -OCH3 is 2. The molecule has 0 amide bonds. The lowest BCUT2D eigenvalue weighted by Gasteiger charge is -2.10. The van der Waals surface area contributed by atoms with Gasteiger partial charge in [-0.3, -0.25) is 0 Å². The van der Waals surface area contributed by atoms with Gasteiger partial charge in [0.05, 0.1) is 14.2 Å². The maximum Gasteiger partial charge on any atom is 0.137 e. The third kappa shape index (κ3) is 2.58. The zero-order chi connectivity index (χ0) is 10.6. The van der Waals surface area contributed by atoms with Crippen LogP contribution in [-0.2, 0) is 6.42 Å². The molecule has 0 N–H and O–H groups in total. The molecule has 0 aromatic heterocycles. The maximum atomic E-state index is 5.22. The summed E-state index contributed by atoms with van der Waals surface area (Å²) in [7, 11) is 3.29. The number of thiol groups is 1. The van der Waals surface area contributed by atoms with Crippen molar-refractivity contribution in [3.63, 3.8) is 0 Å². The van der Waals surface area contributed by atoms with Crippen molar-refractivity contribution in [3.8, 4) is 11.5 Å². The van der Waals surface area contributed by atoms with Crippen LogP contribution in [-0.4, -0.2) is 20.0 Å². The largest absolute Gasteiger partial charge is 0.495 e. The molecule has 78 valence electrons. The molecule has 4 heteroatoms. The molecule has 0 heterocycles. The summed E-state index contributed by atoms with van der Waals surface area (Å²) in [4.78, 5) is 0. The molecule has 0 aliphatic rings. The second kappa shape index (κ2) is 5.51. The minimum atomic E-state index is 0.793. The molecule has 0 saturated heterocycles. The standard InChI is InChI=1S/C10H13BrO2S/c1-12-8-5-7(3-4-14)6-9(13-2)10(8)11/h5-6,14H,3-4H2,1-2H3. The van der Waals surface area contributed by atoms with Gasteiger partial charge >= 0.3 is 0 Å². The first-order valence-corrected chi connectivity index (χ1v) is 5.66. The normalized spacial score (nSPS) is 10.0. The highest BCUT2D eigenvalue weighted by Crippen LogP contribution is 2.35. The summed E-state index contributed by atoms with van der Waals surface area (Å²) >= 11 is 7.61. The fourth-order valence-corrected chi connectivity index (χ4v) is 2.01. The fourth-order valence-electron chi connectivity index (χ4n) is 1.20. The number of aryl methyl sites for hydroxylation is 1. The summed E-state index contributed by atoms with van der Waals surface area (Å²) in [5.74, 6) is 2.40. The number of benzene rings is 1. The Kier molecular flexibility index (Phi) is 4.62. The van der Waals surface area contributed by atoms with E-state index in [2.05, 4.69) is 28.6 Å². The molecule has 14 heavy (non-hydrogen) atoms. The molecule has 0 radical (unpaired) electrons. The lowest BCUT2D eigenvalue weighted by Crippen LogP contribution is -1.94. The van der Waals surface area contributed by atoms with Crippen LogP contribution in [0.5, 0.6) is 11.5 Å². The average molecular weight is 277 g/mol. The molecule has 1 aromatic carbocycles. The Bertz CT molecular complexity index is 290. The molecule has 1 rings (SSSR count). The third-order valence-corrected chi connectivity index (χ3v) is 2.91. The number of hydrogen-bond acceptors (Lipinski definition) is 3. The highest BCUT2D eigenvalue weighted by molar-refractivity contribution is 9.10. The predicted molar refractivity (Wildman–Crippen MR) is 64.8 cm³/mol. The van der Waals surface area contributed by atoms with Gasteiger partial charge in [-0.2, -0.15) is 12.6 Å². The molecule has 0 aliphatic heterocycles. The van der Waals surface area contributed by atoms with Crippen LogP contribution in [0.4, 0.5) is 0 Å². The Labute approximate surface area is 98.1 Å². The molecule has 0 atom stereocenters. The van der Waals surface area contributed by atoms with E-state index in [1.165, 1.54) is 0 Å². The molecule has 0 spiro atoms. The molecule has 0 fully saturated rings. The Hall–Kier alpha value is -0.350. The summed E-state index contributed by atoms with van der Waals surface area (Å²) < 4.78 is 11.3. The molecule has 2 nitrogen and oxygen atoms in total. The van der Waals surface area contributed by atoms with Crippen molar-refractivity contribution >= 4 is 28.6 Å². The van der Waals surface area contributed by atoms with Gasteiger partial charge in [0.1, 0.15) is 16.0 Å². The Morgan fingerprint density at radius 1 is 1.21 bits per heavy atom. The summed E-state index contributed by atoms with van der Waals surface area (Å²) in [5.41, 5.74) is 1.16. The summed E-state index contributed by atoms with van der Waals surface area (Å²) in [6.07, 6.45) is 0.906. The number of halogens is 1. The van der Waals surface area contributed by atoms with Crippen molar-refractivity contribution in [3.05, 3.63) is 22.2 Å². The van der Waals surface area contributed by atoms with Crippen molar-refractivity contribution in [1.29, 1.82) is 0 Å². The van der Waals surface area contributed by atoms with Crippen LogP contribution in [0.25, 0.3) is 0 Å². The first-order valence-electron chi connectivity index (χ1n) is 4.24. The monoisotopic (exact) mass is 276 g/mol. The molecule has 0 saturated carbocycles. The lowest BCUT2D eigenvalue weighted by molar-refractivity contribution is 0.388. The van der Waals surface area contributed by atoms with Gasteiger partial charge in [0.2, 0.25) is 0 Å². The van der Waals surface area contributed by atoms with E-state index in [-0.39, 0.29) is 0 Å². The van der Waals surface area contributed by atoms with Gasteiger partial charge in [-0.05, 0) is 45.8 Å². The molecule has 1 aromatic rings. The van der Waals surface area contributed by atoms with Crippen molar-refractivity contribution < 1.29 is 9.47 Å². The highest BCUT2D eigenvalue weighted by Gasteiger charge is 2.08. The van der Waals surface area contributed by atoms with E-state index in [9.17, 15) is 0 Å². The van der Waals surface area contributed by atoms with Crippen molar-refractivity contribution in [1.82, 2.24) is 0 Å². The highest BCUT2D eigenvalue weighted by atomic mass is 79.9. The van der Waals surface area contributed by atoms with Crippen LogP contribution < -0.4 is 9.47 Å². The predicted octanol–water partition coefficient (Wildman–Crippen LogP) is 2.94. The minimum absolute atomic E-state index is 0.793. The molecular formula is C10H13BrO2S. The van der Waals surface area contributed by atoms with Gasteiger partial charge in [0, 0.05) is 0 Å². The van der Waals surface area contributed by atoms with Gasteiger partial charge in [0.15, 0.2) is 0 Å². The molecule has 0 bridgehead atoms. The van der Waals surface area contributed by atoms with Crippen LogP contribution in [0.15, 0.2) is 16.6 Å². The van der Waals surface area contributed by atoms with E-state index in [0.717, 1.165) is 33.7 Å². The van der Waals surface area contributed by atoms with E-state index < -0.39 is 0 Å². The van der Waals surface area contributed by atoms with E-state index in [1.54, 1.807) is 14.2 Å². The van der Waals surface area contributed by atoms with Gasteiger partial charge in [-0.1, -0.05) is 0 Å². The SMILES string of the molecule is COc1cc(CCS)cc(OC)c1Br. The van der Waals surface area contributed by atoms with Crippen LogP contribution in [0.1, 0.15) is 5.56 Å². The molecule has 0 aliphatic carbocycles. The van der Waals surface area contributed by atoms with Crippen molar-refractivity contribution in [2.45, 2.75) is 6.42 Å². The topological polar surface area (TPSA) is 18.5 Å². The van der Waals surface area contributed by atoms with E-state index in [0.29, 0.717) is 0 Å². The summed E-state index contributed by atoms with van der Waals surface area (Å²) in [6, 6.07) is 3.98. The smallest absolute Gasteiger partial charge is 0.137 e. The second-order valence-electron chi connectivity index (χ2n) is 2.79. The van der Waals surface area contributed by atoms with E-state index in [1.807, 2.05) is 12.1 Å². The fraction of sp³-hybridized carbons (Fsp3) is 0.400. The quantitative estimate of drug-likeness (QED) is 0.853. The van der Waals surface area contributed by atoms with Gasteiger partial charge in [-0.15, -0.1) is 0 Å². The summed E-state index contributed by atoms with van der Waals surface area (Å²) in [6.45, 7) is 0. The molecule has 0 unspecified atom stereocenters. The Morgan fingerprint density at radius 3 is 2.07 bits per heavy atom. The third-order valence-electron chi connectivity index (χ3n) is 1.91. The van der Waals surface area contributed by atoms with Crippen LogP contribution >= 0.6 is 28.6 Å². The average Bonchev–Trinajstić information content (AvgIpc) is 2.20. The van der Waals surface area contributed by atoms with Gasteiger partial charge in [0.25, 0.3) is 0 Å². The second-order valence-corrected chi connectivity index (χ2v) is 4.03. The molecular weight excluding hydrogens is 264 g/mol. The number of hydrogen-bond donors (Lipinski definition) is 1. The van der Waals surface area contributed by atoms with Crippen molar-refractivity contribution in [2.24, 2.45) is 0 Å². The van der Waals surface area contributed by atoms with E-state index >= 15 is 0 Å².